The number of carbonyl (C=O) groups excluding carboxylic acids is 1. The number of rotatable bonds is 6. The Hall–Kier alpha value is -2.85. The van der Waals surface area contributed by atoms with E-state index in [-0.39, 0.29) is 5.91 Å². The molecule has 0 heterocycles. The highest BCUT2D eigenvalue weighted by atomic mass is 16.5. The summed E-state index contributed by atoms with van der Waals surface area (Å²) in [6.07, 6.45) is 0. The summed E-state index contributed by atoms with van der Waals surface area (Å²) < 4.78 is 5.27. The van der Waals surface area contributed by atoms with Crippen LogP contribution in [0, 0.1) is 13.8 Å². The van der Waals surface area contributed by atoms with Crippen LogP contribution in [0.5, 0.6) is 5.75 Å². The molecule has 0 saturated heterocycles. The fraction of sp³-hybridized carbons (Fsp3) is 0.261. The van der Waals surface area contributed by atoms with Crippen molar-refractivity contribution >= 4 is 22.4 Å². The number of amides is 1. The second-order valence-corrected chi connectivity index (χ2v) is 7.09. The molecule has 4 heteroatoms. The largest absolute Gasteiger partial charge is 0.497 e. The maximum Gasteiger partial charge on any atom is 0.238 e. The lowest BCUT2D eigenvalue weighted by Gasteiger charge is -2.17. The minimum atomic E-state index is -0.00465. The van der Waals surface area contributed by atoms with Crippen LogP contribution in [0.15, 0.2) is 54.6 Å². The maximum absolute atomic E-state index is 12.4. The summed E-state index contributed by atoms with van der Waals surface area (Å²) in [5, 5.41) is 5.32. The van der Waals surface area contributed by atoms with Crippen LogP contribution >= 0.6 is 0 Å². The molecule has 1 amide bonds. The van der Waals surface area contributed by atoms with Crippen LogP contribution in [0.4, 0.5) is 5.69 Å². The highest BCUT2D eigenvalue weighted by Crippen LogP contribution is 2.22. The van der Waals surface area contributed by atoms with Crippen molar-refractivity contribution in [3.05, 3.63) is 71.3 Å². The van der Waals surface area contributed by atoms with Crippen molar-refractivity contribution in [2.45, 2.75) is 20.4 Å². The summed E-state index contributed by atoms with van der Waals surface area (Å²) in [4.78, 5) is 14.4. The van der Waals surface area contributed by atoms with Crippen LogP contribution in [-0.4, -0.2) is 31.5 Å². The quantitative estimate of drug-likeness (QED) is 0.700. The average Bonchev–Trinajstić information content (AvgIpc) is 2.63. The predicted molar refractivity (Wildman–Crippen MR) is 111 cm³/mol. The van der Waals surface area contributed by atoms with Gasteiger partial charge in [-0.05, 0) is 67.1 Å². The summed E-state index contributed by atoms with van der Waals surface area (Å²) in [6, 6.07) is 18.4. The van der Waals surface area contributed by atoms with Gasteiger partial charge in [0.15, 0.2) is 0 Å². The zero-order valence-corrected chi connectivity index (χ0v) is 16.4. The zero-order valence-electron chi connectivity index (χ0n) is 16.4. The number of anilines is 1. The Kier molecular flexibility index (Phi) is 5.77. The fourth-order valence-electron chi connectivity index (χ4n) is 3.25. The molecule has 0 aliphatic rings. The van der Waals surface area contributed by atoms with Crippen LogP contribution in [0.25, 0.3) is 10.8 Å². The van der Waals surface area contributed by atoms with Gasteiger partial charge in [0.05, 0.1) is 13.7 Å². The molecule has 0 aromatic heterocycles. The van der Waals surface area contributed by atoms with E-state index >= 15 is 0 Å². The number of aryl methyl sites for hydroxylation is 2. The molecule has 27 heavy (non-hydrogen) atoms. The fourth-order valence-corrected chi connectivity index (χ4v) is 3.25. The van der Waals surface area contributed by atoms with Gasteiger partial charge >= 0.3 is 0 Å². The molecule has 140 valence electrons. The molecule has 1 N–H and O–H groups in total. The monoisotopic (exact) mass is 362 g/mol. The molecular formula is C23H26N2O2. The van der Waals surface area contributed by atoms with Crippen LogP contribution in [0.1, 0.15) is 16.7 Å². The molecule has 0 radical (unpaired) electrons. The van der Waals surface area contributed by atoms with Crippen LogP contribution < -0.4 is 10.1 Å². The van der Waals surface area contributed by atoms with Crippen molar-refractivity contribution in [2.24, 2.45) is 0 Å². The first-order valence-corrected chi connectivity index (χ1v) is 9.07. The molecule has 0 saturated carbocycles. The van der Waals surface area contributed by atoms with Gasteiger partial charge in [-0.3, -0.25) is 9.69 Å². The highest BCUT2D eigenvalue weighted by molar-refractivity contribution is 5.93. The Morgan fingerprint density at radius 1 is 1.00 bits per heavy atom. The Morgan fingerprint density at radius 2 is 1.74 bits per heavy atom. The third-order valence-electron chi connectivity index (χ3n) is 4.63. The third kappa shape index (κ3) is 4.86. The number of carbonyl (C=O) groups is 1. The molecular weight excluding hydrogens is 336 g/mol. The molecule has 0 fully saturated rings. The molecule has 0 spiro atoms. The van der Waals surface area contributed by atoms with Crippen LogP contribution in [-0.2, 0) is 11.3 Å². The average molecular weight is 362 g/mol. The summed E-state index contributed by atoms with van der Waals surface area (Å²) in [5.41, 5.74) is 4.32. The summed E-state index contributed by atoms with van der Waals surface area (Å²) in [5.74, 6) is 0.852. The van der Waals surface area contributed by atoms with E-state index in [0.717, 1.165) is 22.4 Å². The SMILES string of the molecule is COc1ccc2cc(CN(C)CC(=O)Nc3ccc(C)cc3C)ccc2c1. The maximum atomic E-state index is 12.4. The predicted octanol–water partition coefficient (Wildman–Crippen LogP) is 4.54. The number of fused-ring (bicyclic) bond motifs is 1. The van der Waals surface area contributed by atoms with E-state index in [1.165, 1.54) is 16.5 Å². The van der Waals surface area contributed by atoms with Crippen molar-refractivity contribution in [1.29, 1.82) is 0 Å². The standard InChI is InChI=1S/C23H26N2O2/c1-16-5-10-22(17(2)11-16)24-23(26)15-25(3)14-18-6-7-20-13-21(27-4)9-8-19(20)12-18/h5-13H,14-15H2,1-4H3,(H,24,26). The van der Waals surface area contributed by atoms with Gasteiger partial charge < -0.3 is 10.1 Å². The lowest BCUT2D eigenvalue weighted by molar-refractivity contribution is -0.117. The zero-order chi connectivity index (χ0) is 19.4. The third-order valence-corrected chi connectivity index (χ3v) is 4.63. The van der Waals surface area contributed by atoms with Gasteiger partial charge in [-0.25, -0.2) is 0 Å². The topological polar surface area (TPSA) is 41.6 Å². The molecule has 0 aliphatic carbocycles. The number of benzene rings is 3. The smallest absolute Gasteiger partial charge is 0.238 e. The molecule has 0 aliphatic heterocycles. The van der Waals surface area contributed by atoms with Crippen molar-refractivity contribution in [1.82, 2.24) is 4.90 Å². The Morgan fingerprint density at radius 3 is 2.48 bits per heavy atom. The van der Waals surface area contributed by atoms with Crippen molar-refractivity contribution in [2.75, 3.05) is 26.0 Å². The minimum Gasteiger partial charge on any atom is -0.497 e. The van der Waals surface area contributed by atoms with Gasteiger partial charge in [-0.15, -0.1) is 0 Å². The first-order chi connectivity index (χ1) is 12.9. The Balaban J connectivity index is 1.62. The summed E-state index contributed by atoms with van der Waals surface area (Å²) in [7, 11) is 3.63. The second-order valence-electron chi connectivity index (χ2n) is 7.09. The van der Waals surface area contributed by atoms with Gasteiger partial charge in [-0.2, -0.15) is 0 Å². The molecule has 3 rings (SSSR count). The minimum absolute atomic E-state index is 0.00465. The molecule has 3 aromatic carbocycles. The number of methoxy groups -OCH3 is 1. The highest BCUT2D eigenvalue weighted by Gasteiger charge is 2.09. The molecule has 0 unspecified atom stereocenters. The number of ether oxygens (including phenoxy) is 1. The molecule has 4 nitrogen and oxygen atoms in total. The van der Waals surface area contributed by atoms with Gasteiger partial charge in [0.2, 0.25) is 5.91 Å². The van der Waals surface area contributed by atoms with Crippen molar-refractivity contribution < 1.29 is 9.53 Å². The normalized spacial score (nSPS) is 11.0. The van der Waals surface area contributed by atoms with E-state index in [2.05, 4.69) is 35.6 Å². The van der Waals surface area contributed by atoms with E-state index in [4.69, 9.17) is 4.74 Å². The first-order valence-electron chi connectivity index (χ1n) is 9.07. The molecule has 0 atom stereocenters. The van der Waals surface area contributed by atoms with E-state index in [1.54, 1.807) is 7.11 Å². The van der Waals surface area contributed by atoms with Crippen LogP contribution in [0.2, 0.25) is 0 Å². The van der Waals surface area contributed by atoms with Gasteiger partial charge in [0, 0.05) is 12.2 Å². The lowest BCUT2D eigenvalue weighted by atomic mass is 10.1. The Bertz CT molecular complexity index is 966. The summed E-state index contributed by atoms with van der Waals surface area (Å²) >= 11 is 0. The van der Waals surface area contributed by atoms with Gasteiger partial charge in [0.25, 0.3) is 0 Å². The number of nitrogens with zero attached hydrogens (tertiary/aromatic N) is 1. The summed E-state index contributed by atoms with van der Waals surface area (Å²) in [6.45, 7) is 5.11. The van der Waals surface area contributed by atoms with Crippen LogP contribution in [0.3, 0.4) is 0 Å². The second kappa shape index (κ2) is 8.23. The number of hydrogen-bond donors (Lipinski definition) is 1. The van der Waals surface area contributed by atoms with E-state index < -0.39 is 0 Å². The molecule has 3 aromatic rings. The van der Waals surface area contributed by atoms with E-state index in [1.807, 2.05) is 50.1 Å². The van der Waals surface area contributed by atoms with Gasteiger partial charge in [0.1, 0.15) is 5.75 Å². The Labute approximate surface area is 160 Å². The van der Waals surface area contributed by atoms with Gasteiger partial charge in [-0.1, -0.05) is 35.9 Å². The van der Waals surface area contributed by atoms with Crippen molar-refractivity contribution in [3.63, 3.8) is 0 Å². The van der Waals surface area contributed by atoms with E-state index in [9.17, 15) is 4.79 Å². The lowest BCUT2D eigenvalue weighted by Crippen LogP contribution is -2.30. The van der Waals surface area contributed by atoms with E-state index in [0.29, 0.717) is 13.1 Å². The number of hydrogen-bond acceptors (Lipinski definition) is 3. The number of nitrogens with one attached hydrogen (secondary N) is 1. The van der Waals surface area contributed by atoms with Crippen molar-refractivity contribution in [3.8, 4) is 5.75 Å². The molecule has 0 bridgehead atoms. The first kappa shape index (κ1) is 18.9. The number of likely N-dealkylation sites (N-methyl/N-ethyl adjacent to an activating group) is 1.